The highest BCUT2D eigenvalue weighted by molar-refractivity contribution is 5.37. The molecule has 0 fully saturated rings. The lowest BCUT2D eigenvalue weighted by atomic mass is 9.86. The van der Waals surface area contributed by atoms with Crippen LogP contribution in [-0.4, -0.2) is 19.7 Å². The van der Waals surface area contributed by atoms with Crippen LogP contribution in [0.2, 0.25) is 0 Å². The molecule has 0 aliphatic carbocycles. The quantitative estimate of drug-likeness (QED) is 0.900. The van der Waals surface area contributed by atoms with Crippen LogP contribution >= 0.6 is 0 Å². The van der Waals surface area contributed by atoms with Crippen molar-refractivity contribution in [3.05, 3.63) is 65.7 Å². The Morgan fingerprint density at radius 3 is 2.67 bits per heavy atom. The molecule has 0 saturated heterocycles. The summed E-state index contributed by atoms with van der Waals surface area (Å²) in [5, 5.41) is 3.49. The summed E-state index contributed by atoms with van der Waals surface area (Å²) in [7, 11) is 2.07. The monoisotopic (exact) mass is 281 g/mol. The van der Waals surface area contributed by atoms with E-state index in [0.29, 0.717) is 12.0 Å². The van der Waals surface area contributed by atoms with Gasteiger partial charge < -0.3 is 10.1 Å². The van der Waals surface area contributed by atoms with Crippen LogP contribution < -0.4 is 10.1 Å². The fraction of sp³-hybridized carbons (Fsp3) is 0.368. The Bertz CT molecular complexity index is 567. The van der Waals surface area contributed by atoms with Crippen molar-refractivity contribution in [3.8, 4) is 5.75 Å². The minimum atomic E-state index is 0.503. The van der Waals surface area contributed by atoms with Gasteiger partial charge in [-0.05, 0) is 49.4 Å². The lowest BCUT2D eigenvalue weighted by Crippen LogP contribution is -2.31. The number of rotatable bonds is 5. The van der Waals surface area contributed by atoms with E-state index in [1.165, 1.54) is 11.1 Å². The summed E-state index contributed by atoms with van der Waals surface area (Å²) in [5.41, 5.74) is 2.77. The van der Waals surface area contributed by atoms with Crippen molar-refractivity contribution in [1.29, 1.82) is 0 Å². The molecule has 2 unspecified atom stereocenters. The van der Waals surface area contributed by atoms with Crippen LogP contribution in [0.1, 0.15) is 29.9 Å². The Balaban J connectivity index is 1.70. The summed E-state index contributed by atoms with van der Waals surface area (Å²) >= 11 is 0. The van der Waals surface area contributed by atoms with Gasteiger partial charge in [0.1, 0.15) is 5.75 Å². The van der Waals surface area contributed by atoms with Crippen LogP contribution in [0, 0.1) is 0 Å². The summed E-state index contributed by atoms with van der Waals surface area (Å²) in [6.07, 6.45) is 3.35. The molecule has 1 N–H and O–H groups in total. The van der Waals surface area contributed by atoms with E-state index in [-0.39, 0.29) is 0 Å². The lowest BCUT2D eigenvalue weighted by molar-refractivity contribution is 0.256. The van der Waals surface area contributed by atoms with Gasteiger partial charge in [0.15, 0.2) is 0 Å². The van der Waals surface area contributed by atoms with Gasteiger partial charge in [0.25, 0.3) is 0 Å². The average molecular weight is 281 g/mol. The van der Waals surface area contributed by atoms with Crippen molar-refractivity contribution >= 4 is 0 Å². The highest BCUT2D eigenvalue weighted by atomic mass is 16.5. The van der Waals surface area contributed by atoms with Crippen molar-refractivity contribution in [2.75, 3.05) is 13.7 Å². The highest BCUT2D eigenvalue weighted by Crippen LogP contribution is 2.36. The maximum atomic E-state index is 5.77. The molecule has 2 atom stereocenters. The molecule has 2 nitrogen and oxygen atoms in total. The van der Waals surface area contributed by atoms with E-state index < -0.39 is 0 Å². The van der Waals surface area contributed by atoms with E-state index in [2.05, 4.69) is 67.0 Å². The number of hydrogen-bond donors (Lipinski definition) is 1. The molecule has 2 heteroatoms. The molecule has 1 aliphatic heterocycles. The Morgan fingerprint density at radius 1 is 1.10 bits per heavy atom. The van der Waals surface area contributed by atoms with Gasteiger partial charge in [0, 0.05) is 6.04 Å². The molecule has 2 aromatic carbocycles. The largest absolute Gasteiger partial charge is 0.493 e. The third-order valence-electron chi connectivity index (χ3n) is 4.38. The van der Waals surface area contributed by atoms with Crippen LogP contribution in [0.4, 0.5) is 0 Å². The molecule has 3 rings (SSSR count). The fourth-order valence-electron chi connectivity index (χ4n) is 3.21. The molecule has 0 bridgehead atoms. The molecular weight excluding hydrogens is 258 g/mol. The predicted molar refractivity (Wildman–Crippen MR) is 86.9 cm³/mol. The number of para-hydroxylation sites is 1. The molecule has 2 aromatic rings. The molecule has 21 heavy (non-hydrogen) atoms. The first-order valence-corrected chi connectivity index (χ1v) is 7.79. The standard InChI is InChI=1S/C19H23NO/c1-20-17(13-15-7-3-2-4-8-15)14-16-11-12-21-19-10-6-5-9-18(16)19/h2-10,16-17,20H,11-14H2,1H3. The zero-order valence-electron chi connectivity index (χ0n) is 12.6. The molecule has 1 aliphatic rings. The lowest BCUT2D eigenvalue weighted by Gasteiger charge is -2.29. The van der Waals surface area contributed by atoms with Crippen molar-refractivity contribution in [3.63, 3.8) is 0 Å². The van der Waals surface area contributed by atoms with Crippen molar-refractivity contribution < 1.29 is 4.74 Å². The molecule has 0 spiro atoms. The molecule has 110 valence electrons. The first-order chi connectivity index (χ1) is 10.4. The summed E-state index contributed by atoms with van der Waals surface area (Å²) in [6.45, 7) is 0.837. The SMILES string of the molecule is CNC(Cc1ccccc1)CC1CCOc2ccccc21. The maximum absolute atomic E-state index is 5.77. The van der Waals surface area contributed by atoms with Gasteiger partial charge in [-0.2, -0.15) is 0 Å². The minimum absolute atomic E-state index is 0.503. The predicted octanol–water partition coefficient (Wildman–Crippen LogP) is 3.77. The Kier molecular flexibility index (Phi) is 4.56. The molecule has 0 amide bonds. The van der Waals surface area contributed by atoms with Gasteiger partial charge >= 0.3 is 0 Å². The summed E-state index contributed by atoms with van der Waals surface area (Å²) in [6, 6.07) is 19.7. The van der Waals surface area contributed by atoms with E-state index in [0.717, 1.165) is 31.6 Å². The third-order valence-corrected chi connectivity index (χ3v) is 4.38. The van der Waals surface area contributed by atoms with E-state index >= 15 is 0 Å². The van der Waals surface area contributed by atoms with Gasteiger partial charge in [-0.3, -0.25) is 0 Å². The number of ether oxygens (including phenoxy) is 1. The van der Waals surface area contributed by atoms with Crippen LogP contribution in [-0.2, 0) is 6.42 Å². The Hall–Kier alpha value is -1.80. The number of benzene rings is 2. The van der Waals surface area contributed by atoms with Crippen LogP contribution in [0.3, 0.4) is 0 Å². The zero-order chi connectivity index (χ0) is 14.5. The number of fused-ring (bicyclic) bond motifs is 1. The molecule has 0 radical (unpaired) electrons. The van der Waals surface area contributed by atoms with Crippen LogP contribution in [0.25, 0.3) is 0 Å². The van der Waals surface area contributed by atoms with Gasteiger partial charge in [-0.25, -0.2) is 0 Å². The van der Waals surface area contributed by atoms with E-state index in [4.69, 9.17) is 4.74 Å². The number of likely N-dealkylation sites (N-methyl/N-ethyl adjacent to an activating group) is 1. The first kappa shape index (κ1) is 14.2. The van der Waals surface area contributed by atoms with Gasteiger partial charge in [0.05, 0.1) is 6.61 Å². The van der Waals surface area contributed by atoms with E-state index in [9.17, 15) is 0 Å². The third kappa shape index (κ3) is 3.45. The number of nitrogens with one attached hydrogen (secondary N) is 1. The normalized spacial score (nSPS) is 18.6. The number of hydrogen-bond acceptors (Lipinski definition) is 2. The van der Waals surface area contributed by atoms with Crippen LogP contribution in [0.15, 0.2) is 54.6 Å². The van der Waals surface area contributed by atoms with Crippen molar-refractivity contribution in [1.82, 2.24) is 5.32 Å². The van der Waals surface area contributed by atoms with Gasteiger partial charge in [0.2, 0.25) is 0 Å². The summed E-state index contributed by atoms with van der Waals surface area (Å²) < 4.78 is 5.77. The van der Waals surface area contributed by atoms with E-state index in [1.54, 1.807) is 0 Å². The average Bonchev–Trinajstić information content (AvgIpc) is 2.55. The molecule has 0 aromatic heterocycles. The van der Waals surface area contributed by atoms with Crippen molar-refractivity contribution in [2.24, 2.45) is 0 Å². The maximum Gasteiger partial charge on any atom is 0.122 e. The zero-order valence-corrected chi connectivity index (χ0v) is 12.6. The first-order valence-electron chi connectivity index (χ1n) is 7.79. The van der Waals surface area contributed by atoms with Crippen LogP contribution in [0.5, 0.6) is 5.75 Å². The van der Waals surface area contributed by atoms with Gasteiger partial charge in [-0.15, -0.1) is 0 Å². The summed E-state index contributed by atoms with van der Waals surface area (Å²) in [4.78, 5) is 0. The molecule has 1 heterocycles. The topological polar surface area (TPSA) is 21.3 Å². The second kappa shape index (κ2) is 6.77. The van der Waals surface area contributed by atoms with Gasteiger partial charge in [-0.1, -0.05) is 48.5 Å². The highest BCUT2D eigenvalue weighted by Gasteiger charge is 2.23. The second-order valence-electron chi connectivity index (χ2n) is 5.78. The van der Waals surface area contributed by atoms with E-state index in [1.807, 2.05) is 0 Å². The second-order valence-corrected chi connectivity index (χ2v) is 5.78. The molecule has 0 saturated carbocycles. The minimum Gasteiger partial charge on any atom is -0.493 e. The smallest absolute Gasteiger partial charge is 0.122 e. The Morgan fingerprint density at radius 2 is 1.86 bits per heavy atom. The Labute approximate surface area is 127 Å². The van der Waals surface area contributed by atoms with Crippen molar-refractivity contribution in [2.45, 2.75) is 31.2 Å². The fourth-order valence-corrected chi connectivity index (χ4v) is 3.21. The molecular formula is C19H23NO. The summed E-state index contributed by atoms with van der Waals surface area (Å²) in [5.74, 6) is 1.67.